The second kappa shape index (κ2) is 5.64. The Morgan fingerprint density at radius 3 is 1.30 bits per heavy atom. The molecule has 0 unspecified atom stereocenters. The number of nitrogens with one attached hydrogen (secondary N) is 3. The third-order valence-corrected chi connectivity index (χ3v) is 6.74. The molecule has 0 saturated heterocycles. The van der Waals surface area contributed by atoms with Gasteiger partial charge in [-0.05, 0) is 54.6 Å². The van der Waals surface area contributed by atoms with E-state index in [-0.39, 0.29) is 0 Å². The van der Waals surface area contributed by atoms with Crippen LogP contribution in [0.2, 0.25) is 15.1 Å². The lowest BCUT2D eigenvalue weighted by atomic mass is 10.0. The molecule has 7 rings (SSSR count). The summed E-state index contributed by atoms with van der Waals surface area (Å²) in [5.74, 6) is 0. The number of halogens is 3. The molecule has 6 heteroatoms. The lowest BCUT2D eigenvalue weighted by Gasteiger charge is -2.01. The standard InChI is InChI=1S/C24H12Cl3N3/c25-10-1-4-16-13(7-10)19-20-14-8-11(26)2-5-17(14)29-23(20)24-21(22(19)28-16)15-9-12(27)3-6-18(15)30-24/h1-9,28-30H. The molecule has 0 saturated carbocycles. The summed E-state index contributed by atoms with van der Waals surface area (Å²) in [7, 11) is 0. The first kappa shape index (κ1) is 16.9. The Labute approximate surface area is 184 Å². The fourth-order valence-electron chi connectivity index (χ4n) is 4.83. The normalized spacial score (nSPS) is 12.5. The number of aromatic nitrogens is 3. The van der Waals surface area contributed by atoms with Crippen LogP contribution in [0.15, 0.2) is 54.6 Å². The van der Waals surface area contributed by atoms with Gasteiger partial charge in [-0.3, -0.25) is 0 Å². The lowest BCUT2D eigenvalue weighted by molar-refractivity contribution is 1.51. The van der Waals surface area contributed by atoms with Crippen molar-refractivity contribution in [2.24, 2.45) is 0 Å². The van der Waals surface area contributed by atoms with Crippen LogP contribution in [0.3, 0.4) is 0 Å². The molecular weight excluding hydrogens is 437 g/mol. The molecule has 0 aliphatic heterocycles. The van der Waals surface area contributed by atoms with Crippen molar-refractivity contribution in [2.75, 3.05) is 0 Å². The van der Waals surface area contributed by atoms with Gasteiger partial charge in [0, 0.05) is 63.9 Å². The van der Waals surface area contributed by atoms with Gasteiger partial charge in [0.05, 0.1) is 16.6 Å². The first-order valence-corrected chi connectivity index (χ1v) is 10.7. The molecule has 144 valence electrons. The van der Waals surface area contributed by atoms with E-state index in [1.54, 1.807) is 0 Å². The molecule has 3 heterocycles. The molecule has 0 aliphatic rings. The molecule has 7 aromatic rings. The zero-order chi connectivity index (χ0) is 20.1. The summed E-state index contributed by atoms with van der Waals surface area (Å²) >= 11 is 19.1. The first-order chi connectivity index (χ1) is 14.6. The van der Waals surface area contributed by atoms with Crippen LogP contribution in [0.25, 0.3) is 65.4 Å². The van der Waals surface area contributed by atoms with Crippen molar-refractivity contribution in [3.8, 4) is 0 Å². The zero-order valence-electron chi connectivity index (χ0n) is 15.3. The van der Waals surface area contributed by atoms with Crippen molar-refractivity contribution >= 4 is 100 Å². The number of benzene rings is 4. The molecule has 0 bridgehead atoms. The predicted octanol–water partition coefficient (Wildman–Crippen LogP) is 8.55. The van der Waals surface area contributed by atoms with E-state index in [1.165, 1.54) is 0 Å². The summed E-state index contributed by atoms with van der Waals surface area (Å²) in [6.07, 6.45) is 0. The maximum absolute atomic E-state index is 6.39. The fraction of sp³-hybridized carbons (Fsp3) is 0. The van der Waals surface area contributed by atoms with Gasteiger partial charge in [-0.1, -0.05) is 34.8 Å². The molecule has 30 heavy (non-hydrogen) atoms. The zero-order valence-corrected chi connectivity index (χ0v) is 17.6. The van der Waals surface area contributed by atoms with Gasteiger partial charge >= 0.3 is 0 Å². The quantitative estimate of drug-likeness (QED) is 0.208. The Hall–Kier alpha value is -2.85. The third kappa shape index (κ3) is 2.07. The van der Waals surface area contributed by atoms with Crippen molar-refractivity contribution < 1.29 is 0 Å². The van der Waals surface area contributed by atoms with Crippen molar-refractivity contribution in [3.05, 3.63) is 69.7 Å². The van der Waals surface area contributed by atoms with Crippen LogP contribution in [0.5, 0.6) is 0 Å². The summed E-state index contributed by atoms with van der Waals surface area (Å²) in [5.41, 5.74) is 6.26. The molecule has 4 aromatic carbocycles. The second-order valence-corrected chi connectivity index (χ2v) is 9.00. The van der Waals surface area contributed by atoms with Crippen molar-refractivity contribution in [2.45, 2.75) is 0 Å². The minimum Gasteiger partial charge on any atom is -0.354 e. The van der Waals surface area contributed by atoms with E-state index in [9.17, 15) is 0 Å². The summed E-state index contributed by atoms with van der Waals surface area (Å²) in [6, 6.07) is 17.8. The Bertz CT molecular complexity index is 1840. The van der Waals surface area contributed by atoms with Crippen LogP contribution in [0.4, 0.5) is 0 Å². The highest BCUT2D eigenvalue weighted by molar-refractivity contribution is 6.41. The van der Waals surface area contributed by atoms with E-state index in [0.29, 0.717) is 15.1 Å². The monoisotopic (exact) mass is 447 g/mol. The molecule has 3 N–H and O–H groups in total. The average molecular weight is 449 g/mol. The van der Waals surface area contributed by atoms with Crippen LogP contribution >= 0.6 is 34.8 Å². The molecule has 0 amide bonds. The van der Waals surface area contributed by atoms with Gasteiger partial charge < -0.3 is 15.0 Å². The van der Waals surface area contributed by atoms with Gasteiger partial charge in [0.2, 0.25) is 0 Å². The minimum atomic E-state index is 0.705. The van der Waals surface area contributed by atoms with Gasteiger partial charge in [0.25, 0.3) is 0 Å². The molecule has 0 aliphatic carbocycles. The Morgan fingerprint density at radius 1 is 0.433 bits per heavy atom. The third-order valence-electron chi connectivity index (χ3n) is 6.03. The maximum atomic E-state index is 6.39. The topological polar surface area (TPSA) is 47.4 Å². The van der Waals surface area contributed by atoms with E-state index < -0.39 is 0 Å². The number of hydrogen-bond donors (Lipinski definition) is 3. The molecule has 0 atom stereocenters. The Morgan fingerprint density at radius 2 is 0.800 bits per heavy atom. The highest BCUT2D eigenvalue weighted by Gasteiger charge is 2.21. The van der Waals surface area contributed by atoms with Gasteiger partial charge in [-0.15, -0.1) is 0 Å². The summed E-state index contributed by atoms with van der Waals surface area (Å²) in [5, 5.41) is 8.74. The first-order valence-electron chi connectivity index (χ1n) is 9.53. The summed E-state index contributed by atoms with van der Waals surface area (Å²) in [4.78, 5) is 10.9. The van der Waals surface area contributed by atoms with E-state index in [1.807, 2.05) is 54.6 Å². The summed E-state index contributed by atoms with van der Waals surface area (Å²) in [6.45, 7) is 0. The van der Waals surface area contributed by atoms with E-state index >= 15 is 0 Å². The van der Waals surface area contributed by atoms with Crippen molar-refractivity contribution in [3.63, 3.8) is 0 Å². The molecule has 3 nitrogen and oxygen atoms in total. The summed E-state index contributed by atoms with van der Waals surface area (Å²) < 4.78 is 0. The largest absolute Gasteiger partial charge is 0.354 e. The fourth-order valence-corrected chi connectivity index (χ4v) is 5.35. The average Bonchev–Trinajstić information content (AvgIpc) is 3.38. The predicted molar refractivity (Wildman–Crippen MR) is 130 cm³/mol. The molecular formula is C24H12Cl3N3. The number of H-pyrrole nitrogens is 3. The van der Waals surface area contributed by atoms with E-state index in [2.05, 4.69) is 15.0 Å². The lowest BCUT2D eigenvalue weighted by Crippen LogP contribution is -1.78. The molecule has 0 spiro atoms. The highest BCUT2D eigenvalue weighted by Crippen LogP contribution is 2.45. The van der Waals surface area contributed by atoms with Crippen LogP contribution in [0, 0.1) is 0 Å². The smallest absolute Gasteiger partial charge is 0.0732 e. The van der Waals surface area contributed by atoms with Gasteiger partial charge in [0.1, 0.15) is 0 Å². The van der Waals surface area contributed by atoms with Crippen molar-refractivity contribution in [1.82, 2.24) is 15.0 Å². The van der Waals surface area contributed by atoms with Crippen LogP contribution in [0.1, 0.15) is 0 Å². The van der Waals surface area contributed by atoms with E-state index in [4.69, 9.17) is 34.8 Å². The van der Waals surface area contributed by atoms with Gasteiger partial charge in [0.15, 0.2) is 0 Å². The number of rotatable bonds is 0. The SMILES string of the molecule is Clc1ccc2[nH]c3c4[nH]c5ccc(Cl)cc5c4c4c5cc(Cl)ccc5[nH]c4c3c2c1. The number of hydrogen-bond acceptors (Lipinski definition) is 0. The van der Waals surface area contributed by atoms with E-state index in [0.717, 1.165) is 65.4 Å². The number of aromatic amines is 3. The minimum absolute atomic E-state index is 0.705. The molecule has 0 radical (unpaired) electrons. The van der Waals surface area contributed by atoms with Gasteiger partial charge in [-0.2, -0.15) is 0 Å². The Balaban J connectivity index is 1.91. The maximum Gasteiger partial charge on any atom is 0.0732 e. The molecule has 3 aromatic heterocycles. The molecule has 0 fully saturated rings. The number of fused-ring (bicyclic) bond motifs is 12. The van der Waals surface area contributed by atoms with Gasteiger partial charge in [-0.25, -0.2) is 0 Å². The van der Waals surface area contributed by atoms with Crippen LogP contribution in [-0.2, 0) is 0 Å². The van der Waals surface area contributed by atoms with Crippen LogP contribution in [-0.4, -0.2) is 15.0 Å². The van der Waals surface area contributed by atoms with Crippen molar-refractivity contribution in [1.29, 1.82) is 0 Å². The Kier molecular flexibility index (Phi) is 3.18. The van der Waals surface area contributed by atoms with Crippen LogP contribution < -0.4 is 0 Å². The highest BCUT2D eigenvalue weighted by atomic mass is 35.5. The second-order valence-electron chi connectivity index (χ2n) is 7.69.